The quantitative estimate of drug-likeness (QED) is 0.816. The molecule has 1 fully saturated rings. The van der Waals surface area contributed by atoms with Crippen LogP contribution in [0.4, 0.5) is 0 Å². The van der Waals surface area contributed by atoms with Gasteiger partial charge in [0.2, 0.25) is 0 Å². The van der Waals surface area contributed by atoms with E-state index in [2.05, 4.69) is 0 Å². The van der Waals surface area contributed by atoms with E-state index in [0.29, 0.717) is 13.1 Å². The normalized spacial score (nSPS) is 16.7. The Kier molecular flexibility index (Phi) is 5.60. The molecule has 0 aliphatic heterocycles. The van der Waals surface area contributed by atoms with E-state index in [4.69, 9.17) is 5.11 Å². The average molecular weight is 346 g/mol. The highest BCUT2D eigenvalue weighted by Crippen LogP contribution is 2.31. The van der Waals surface area contributed by atoms with Gasteiger partial charge in [-0.05, 0) is 33.0 Å². The number of nitrogens with zero attached hydrogens (tertiary/aromatic N) is 2. The van der Waals surface area contributed by atoms with Crippen molar-refractivity contribution in [2.45, 2.75) is 35.9 Å². The summed E-state index contributed by atoms with van der Waals surface area (Å²) in [6.07, 6.45) is 3.85. The molecule has 0 aromatic carbocycles. The SMILES string of the molecule is CN(C)CCN(C1CCCC1)S(=O)(=O)c1cc(C(=O)O)cs1. The highest BCUT2D eigenvalue weighted by molar-refractivity contribution is 7.91. The zero-order valence-corrected chi connectivity index (χ0v) is 14.5. The molecule has 0 bridgehead atoms. The minimum Gasteiger partial charge on any atom is -0.478 e. The van der Waals surface area contributed by atoms with Crippen molar-refractivity contribution in [2.75, 3.05) is 27.2 Å². The smallest absolute Gasteiger partial charge is 0.336 e. The van der Waals surface area contributed by atoms with Crippen LogP contribution in [0.15, 0.2) is 15.7 Å². The van der Waals surface area contributed by atoms with Crippen LogP contribution >= 0.6 is 11.3 Å². The van der Waals surface area contributed by atoms with Gasteiger partial charge in [0.25, 0.3) is 10.0 Å². The number of carboxylic acids is 1. The van der Waals surface area contributed by atoms with Crippen LogP contribution in [0.25, 0.3) is 0 Å². The molecule has 0 unspecified atom stereocenters. The Morgan fingerprint density at radius 3 is 2.45 bits per heavy atom. The Labute approximate surface area is 135 Å². The second-order valence-corrected chi connectivity index (χ2v) is 8.85. The average Bonchev–Trinajstić information content (AvgIpc) is 3.10. The number of thiophene rings is 1. The minimum atomic E-state index is -3.63. The first-order valence-electron chi connectivity index (χ1n) is 7.31. The highest BCUT2D eigenvalue weighted by Gasteiger charge is 2.34. The van der Waals surface area contributed by atoms with Crippen molar-refractivity contribution in [1.82, 2.24) is 9.21 Å². The molecule has 1 aromatic rings. The zero-order valence-electron chi connectivity index (χ0n) is 12.9. The van der Waals surface area contributed by atoms with E-state index in [1.54, 1.807) is 4.31 Å². The number of hydrogen-bond donors (Lipinski definition) is 1. The van der Waals surface area contributed by atoms with E-state index in [0.717, 1.165) is 37.0 Å². The van der Waals surface area contributed by atoms with Gasteiger partial charge in [0.15, 0.2) is 0 Å². The minimum absolute atomic E-state index is 0.0281. The van der Waals surface area contributed by atoms with Gasteiger partial charge in [-0.2, -0.15) is 4.31 Å². The summed E-state index contributed by atoms with van der Waals surface area (Å²) in [5.41, 5.74) is 0.0301. The highest BCUT2D eigenvalue weighted by atomic mass is 32.2. The maximum atomic E-state index is 12.9. The molecule has 1 N–H and O–H groups in total. The Bertz CT molecular complexity index is 619. The number of rotatable bonds is 7. The van der Waals surface area contributed by atoms with Gasteiger partial charge in [-0.3, -0.25) is 0 Å². The van der Waals surface area contributed by atoms with E-state index < -0.39 is 16.0 Å². The second kappa shape index (κ2) is 7.08. The number of likely N-dealkylation sites (N-methyl/N-ethyl adjacent to an activating group) is 1. The first kappa shape index (κ1) is 17.4. The summed E-state index contributed by atoms with van der Waals surface area (Å²) in [6.45, 7) is 1.08. The molecule has 6 nitrogen and oxygen atoms in total. The van der Waals surface area contributed by atoms with Crippen molar-refractivity contribution in [3.63, 3.8) is 0 Å². The molecule has 22 heavy (non-hydrogen) atoms. The molecule has 0 atom stereocenters. The third kappa shape index (κ3) is 3.87. The van der Waals surface area contributed by atoms with Gasteiger partial charge in [0, 0.05) is 24.5 Å². The largest absolute Gasteiger partial charge is 0.478 e. The molecule has 1 aliphatic rings. The molecule has 124 valence electrons. The van der Waals surface area contributed by atoms with Gasteiger partial charge in [0.05, 0.1) is 5.56 Å². The van der Waals surface area contributed by atoms with Gasteiger partial charge in [-0.15, -0.1) is 11.3 Å². The van der Waals surface area contributed by atoms with Crippen LogP contribution in [-0.4, -0.2) is 61.9 Å². The lowest BCUT2D eigenvalue weighted by atomic mass is 10.2. The number of hydrogen-bond acceptors (Lipinski definition) is 5. The summed E-state index contributed by atoms with van der Waals surface area (Å²) in [5.74, 6) is -1.10. The van der Waals surface area contributed by atoms with Gasteiger partial charge in [-0.1, -0.05) is 12.8 Å². The predicted octanol–water partition coefficient (Wildman–Crippen LogP) is 1.94. The number of carbonyl (C=O) groups is 1. The molecule has 1 saturated carbocycles. The van der Waals surface area contributed by atoms with Crippen LogP contribution in [0, 0.1) is 0 Å². The van der Waals surface area contributed by atoms with Gasteiger partial charge in [0.1, 0.15) is 4.21 Å². The summed E-state index contributed by atoms with van der Waals surface area (Å²) in [7, 11) is 0.189. The van der Waals surface area contributed by atoms with E-state index in [1.807, 2.05) is 19.0 Å². The molecule has 0 radical (unpaired) electrons. The van der Waals surface area contributed by atoms with Crippen LogP contribution in [0.5, 0.6) is 0 Å². The molecule has 2 rings (SSSR count). The summed E-state index contributed by atoms with van der Waals surface area (Å²) in [6, 6.07) is 1.29. The molecular weight excluding hydrogens is 324 g/mol. The lowest BCUT2D eigenvalue weighted by Crippen LogP contribution is -2.42. The molecule has 1 heterocycles. The van der Waals surface area contributed by atoms with Crippen molar-refractivity contribution < 1.29 is 18.3 Å². The predicted molar refractivity (Wildman–Crippen MR) is 86.0 cm³/mol. The fraction of sp³-hybridized carbons (Fsp3) is 0.643. The van der Waals surface area contributed by atoms with Crippen LogP contribution in [0.1, 0.15) is 36.0 Å². The number of aromatic carboxylic acids is 1. The number of sulfonamides is 1. The lowest BCUT2D eigenvalue weighted by Gasteiger charge is -2.28. The van der Waals surface area contributed by atoms with Gasteiger partial charge >= 0.3 is 5.97 Å². The maximum Gasteiger partial charge on any atom is 0.336 e. The molecule has 0 amide bonds. The fourth-order valence-corrected chi connectivity index (χ4v) is 5.63. The maximum absolute atomic E-state index is 12.9. The van der Waals surface area contributed by atoms with Crippen LogP contribution in [0.2, 0.25) is 0 Å². The molecular formula is C14H22N2O4S2. The van der Waals surface area contributed by atoms with Crippen molar-refractivity contribution in [3.05, 3.63) is 17.0 Å². The van der Waals surface area contributed by atoms with Crippen molar-refractivity contribution >= 4 is 27.3 Å². The van der Waals surface area contributed by atoms with E-state index in [9.17, 15) is 13.2 Å². The molecule has 1 aliphatic carbocycles. The van der Waals surface area contributed by atoms with Crippen molar-refractivity contribution in [2.24, 2.45) is 0 Å². The summed E-state index contributed by atoms with van der Waals surface area (Å²) < 4.78 is 27.5. The fourth-order valence-electron chi connectivity index (χ4n) is 2.67. The summed E-state index contributed by atoms with van der Waals surface area (Å²) >= 11 is 0.982. The standard InChI is InChI=1S/C14H22N2O4S2/c1-15(2)7-8-16(12-5-3-4-6-12)22(19,20)13-9-11(10-21-13)14(17)18/h9-10,12H,3-8H2,1-2H3,(H,17,18). The Balaban J connectivity index is 2.28. The monoisotopic (exact) mass is 346 g/mol. The molecule has 8 heteroatoms. The van der Waals surface area contributed by atoms with Crippen LogP contribution in [0.3, 0.4) is 0 Å². The van der Waals surface area contributed by atoms with E-state index in [1.165, 1.54) is 11.4 Å². The summed E-state index contributed by atoms with van der Waals surface area (Å²) in [4.78, 5) is 12.9. The topological polar surface area (TPSA) is 77.9 Å². The Morgan fingerprint density at radius 1 is 1.32 bits per heavy atom. The first-order chi connectivity index (χ1) is 10.3. The van der Waals surface area contributed by atoms with Gasteiger partial charge < -0.3 is 10.0 Å². The van der Waals surface area contributed by atoms with Crippen LogP contribution < -0.4 is 0 Å². The van der Waals surface area contributed by atoms with E-state index in [-0.39, 0.29) is 15.8 Å². The molecule has 1 aromatic heterocycles. The van der Waals surface area contributed by atoms with Gasteiger partial charge in [-0.25, -0.2) is 13.2 Å². The summed E-state index contributed by atoms with van der Waals surface area (Å²) in [5, 5.41) is 10.4. The second-order valence-electron chi connectivity index (χ2n) is 5.82. The Morgan fingerprint density at radius 2 is 1.95 bits per heavy atom. The third-order valence-corrected chi connectivity index (χ3v) is 7.25. The van der Waals surface area contributed by atoms with Crippen molar-refractivity contribution in [3.8, 4) is 0 Å². The number of carboxylic acid groups (broad SMARTS) is 1. The molecule has 0 spiro atoms. The van der Waals surface area contributed by atoms with Crippen LogP contribution in [-0.2, 0) is 10.0 Å². The third-order valence-electron chi connectivity index (χ3n) is 3.88. The van der Waals surface area contributed by atoms with E-state index >= 15 is 0 Å². The molecule has 0 saturated heterocycles. The van der Waals surface area contributed by atoms with Crippen molar-refractivity contribution in [1.29, 1.82) is 0 Å². The lowest BCUT2D eigenvalue weighted by molar-refractivity contribution is 0.0697. The first-order valence-corrected chi connectivity index (χ1v) is 9.62. The Hall–Kier alpha value is -0.960. The zero-order chi connectivity index (χ0) is 16.3.